The van der Waals surface area contributed by atoms with Crippen LogP contribution in [0.5, 0.6) is 0 Å². The molecule has 0 spiro atoms. The summed E-state index contributed by atoms with van der Waals surface area (Å²) in [6.07, 6.45) is 6.08. The average molecular weight is 318 g/mol. The maximum atomic E-state index is 12.4. The maximum Gasteiger partial charge on any atom is 0.272 e. The van der Waals surface area contributed by atoms with Gasteiger partial charge in [0.2, 0.25) is 0 Å². The number of carbonyl (C=O) groups is 1. The zero-order valence-corrected chi connectivity index (χ0v) is 13.4. The number of rotatable bonds is 5. The lowest BCUT2D eigenvalue weighted by atomic mass is 9.84. The van der Waals surface area contributed by atoms with Crippen LogP contribution in [-0.2, 0) is 0 Å². The van der Waals surface area contributed by atoms with E-state index in [9.17, 15) is 4.79 Å². The molecule has 1 aliphatic rings. The molecule has 3 rings (SSSR count). The molecule has 0 aliphatic heterocycles. The van der Waals surface area contributed by atoms with Crippen molar-refractivity contribution in [3.8, 4) is 10.6 Å². The van der Waals surface area contributed by atoms with Gasteiger partial charge in [0, 0.05) is 12.6 Å². The highest BCUT2D eigenvalue weighted by atomic mass is 32.1. The topological polar surface area (TPSA) is 83.8 Å². The number of nitrogens with one attached hydrogen (secondary N) is 2. The molecule has 118 valence electrons. The Bertz CT molecular complexity index is 601. The van der Waals surface area contributed by atoms with Gasteiger partial charge in [-0.1, -0.05) is 25.3 Å². The molecule has 0 aromatic carbocycles. The number of thiophene rings is 1. The normalized spacial score (nSPS) is 17.3. The van der Waals surface area contributed by atoms with Gasteiger partial charge in [0.15, 0.2) is 5.69 Å². The molecule has 1 atom stereocenters. The Balaban J connectivity index is 1.65. The van der Waals surface area contributed by atoms with E-state index in [0.29, 0.717) is 18.2 Å². The molecular formula is C16H22N4OS. The van der Waals surface area contributed by atoms with E-state index < -0.39 is 0 Å². The Morgan fingerprint density at radius 2 is 2.27 bits per heavy atom. The van der Waals surface area contributed by atoms with Crippen molar-refractivity contribution in [3.63, 3.8) is 0 Å². The molecule has 6 heteroatoms. The molecule has 1 amide bonds. The Labute approximate surface area is 134 Å². The van der Waals surface area contributed by atoms with Crippen LogP contribution < -0.4 is 11.1 Å². The second-order valence-corrected chi connectivity index (χ2v) is 6.81. The molecule has 1 saturated carbocycles. The van der Waals surface area contributed by atoms with Crippen molar-refractivity contribution in [2.75, 3.05) is 6.54 Å². The van der Waals surface area contributed by atoms with E-state index in [2.05, 4.69) is 15.5 Å². The smallest absolute Gasteiger partial charge is 0.272 e. The standard InChI is InChI=1S/C16H22N4OS/c17-10-14(11-5-2-1-3-6-11)18-16(21)13-9-12(19-20-13)15-7-4-8-22-15/h4,7-9,11,14H,1-3,5-6,10,17H2,(H,18,21)(H,19,20). The molecule has 2 aromatic heterocycles. The third-order valence-corrected chi connectivity index (χ3v) is 5.29. The molecule has 0 bridgehead atoms. The van der Waals surface area contributed by atoms with E-state index in [1.165, 1.54) is 19.3 Å². The third kappa shape index (κ3) is 3.39. The predicted octanol–water partition coefficient (Wildman–Crippen LogP) is 2.78. The number of H-pyrrole nitrogens is 1. The first-order chi connectivity index (χ1) is 10.8. The Kier molecular flexibility index (Phi) is 4.90. The third-order valence-electron chi connectivity index (χ3n) is 4.39. The monoisotopic (exact) mass is 318 g/mol. The Morgan fingerprint density at radius 3 is 2.95 bits per heavy atom. The van der Waals surface area contributed by atoms with Crippen LogP contribution in [0.1, 0.15) is 42.6 Å². The first-order valence-corrected chi connectivity index (χ1v) is 8.76. The van der Waals surface area contributed by atoms with E-state index in [4.69, 9.17) is 5.73 Å². The fourth-order valence-electron chi connectivity index (χ4n) is 3.14. The van der Waals surface area contributed by atoms with E-state index in [0.717, 1.165) is 23.4 Å². The lowest BCUT2D eigenvalue weighted by molar-refractivity contribution is 0.0910. The second kappa shape index (κ2) is 7.07. The zero-order chi connectivity index (χ0) is 15.4. The van der Waals surface area contributed by atoms with Gasteiger partial charge in [-0.05, 0) is 36.3 Å². The number of nitrogens with zero attached hydrogens (tertiary/aromatic N) is 1. The highest BCUT2D eigenvalue weighted by molar-refractivity contribution is 7.13. The minimum atomic E-state index is -0.139. The predicted molar refractivity (Wildman–Crippen MR) is 88.8 cm³/mol. The molecule has 1 fully saturated rings. The summed E-state index contributed by atoms with van der Waals surface area (Å²) in [6.45, 7) is 0.485. The summed E-state index contributed by atoms with van der Waals surface area (Å²) in [4.78, 5) is 13.5. The van der Waals surface area contributed by atoms with Crippen LogP contribution in [0.2, 0.25) is 0 Å². The quantitative estimate of drug-likeness (QED) is 0.792. The average Bonchev–Trinajstić information content (AvgIpc) is 3.23. The molecule has 0 saturated heterocycles. The van der Waals surface area contributed by atoms with Crippen LogP contribution in [0.4, 0.5) is 0 Å². The number of aromatic nitrogens is 2. The van der Waals surface area contributed by atoms with Crippen molar-refractivity contribution in [2.24, 2.45) is 11.7 Å². The highest BCUT2D eigenvalue weighted by Gasteiger charge is 2.25. The van der Waals surface area contributed by atoms with Crippen LogP contribution in [0, 0.1) is 5.92 Å². The fourth-order valence-corrected chi connectivity index (χ4v) is 3.84. The molecule has 4 N–H and O–H groups in total. The Morgan fingerprint density at radius 1 is 1.45 bits per heavy atom. The summed E-state index contributed by atoms with van der Waals surface area (Å²) in [7, 11) is 0. The summed E-state index contributed by atoms with van der Waals surface area (Å²) in [5.74, 6) is 0.360. The summed E-state index contributed by atoms with van der Waals surface area (Å²) in [5, 5.41) is 12.1. The summed E-state index contributed by atoms with van der Waals surface area (Å²) < 4.78 is 0. The summed E-state index contributed by atoms with van der Waals surface area (Å²) in [6, 6.07) is 5.84. The largest absolute Gasteiger partial charge is 0.346 e. The molecular weight excluding hydrogens is 296 g/mol. The van der Waals surface area contributed by atoms with Crippen molar-refractivity contribution in [1.29, 1.82) is 0 Å². The van der Waals surface area contributed by atoms with E-state index >= 15 is 0 Å². The van der Waals surface area contributed by atoms with Gasteiger partial charge in [-0.25, -0.2) is 0 Å². The maximum absolute atomic E-state index is 12.4. The van der Waals surface area contributed by atoms with Gasteiger partial charge < -0.3 is 11.1 Å². The van der Waals surface area contributed by atoms with Crippen molar-refractivity contribution in [1.82, 2.24) is 15.5 Å². The van der Waals surface area contributed by atoms with Gasteiger partial charge in [0.25, 0.3) is 5.91 Å². The summed E-state index contributed by atoms with van der Waals surface area (Å²) >= 11 is 1.62. The minimum Gasteiger partial charge on any atom is -0.346 e. The molecule has 2 heterocycles. The SMILES string of the molecule is NCC(NC(=O)c1cc(-c2cccs2)[nH]n1)C1CCCCC1. The van der Waals surface area contributed by atoms with Crippen molar-refractivity contribution >= 4 is 17.2 Å². The van der Waals surface area contributed by atoms with Crippen molar-refractivity contribution < 1.29 is 4.79 Å². The molecule has 5 nitrogen and oxygen atoms in total. The molecule has 2 aromatic rings. The summed E-state index contributed by atoms with van der Waals surface area (Å²) in [5.41, 5.74) is 7.18. The van der Waals surface area contributed by atoms with Gasteiger partial charge in [-0.2, -0.15) is 5.10 Å². The van der Waals surface area contributed by atoms with Gasteiger partial charge in [0.05, 0.1) is 10.6 Å². The highest BCUT2D eigenvalue weighted by Crippen LogP contribution is 2.26. The number of aromatic amines is 1. The van der Waals surface area contributed by atoms with Crippen LogP contribution in [0.25, 0.3) is 10.6 Å². The first-order valence-electron chi connectivity index (χ1n) is 7.88. The van der Waals surface area contributed by atoms with Gasteiger partial charge in [-0.3, -0.25) is 9.89 Å². The molecule has 1 aliphatic carbocycles. The molecule has 22 heavy (non-hydrogen) atoms. The Hall–Kier alpha value is -1.66. The van der Waals surface area contributed by atoms with E-state index in [1.807, 2.05) is 17.5 Å². The van der Waals surface area contributed by atoms with Gasteiger partial charge >= 0.3 is 0 Å². The molecule has 0 radical (unpaired) electrons. The minimum absolute atomic E-state index is 0.0506. The van der Waals surface area contributed by atoms with Crippen LogP contribution in [-0.4, -0.2) is 28.7 Å². The van der Waals surface area contributed by atoms with Crippen molar-refractivity contribution in [3.05, 3.63) is 29.3 Å². The van der Waals surface area contributed by atoms with Gasteiger partial charge in [-0.15, -0.1) is 11.3 Å². The number of nitrogens with two attached hydrogens (primary N) is 1. The lowest BCUT2D eigenvalue weighted by Gasteiger charge is -2.29. The van der Waals surface area contributed by atoms with E-state index in [-0.39, 0.29) is 11.9 Å². The lowest BCUT2D eigenvalue weighted by Crippen LogP contribution is -2.46. The number of carbonyl (C=O) groups excluding carboxylic acids is 1. The number of hydrogen-bond donors (Lipinski definition) is 3. The number of hydrogen-bond acceptors (Lipinski definition) is 4. The van der Waals surface area contributed by atoms with Crippen LogP contribution >= 0.6 is 11.3 Å². The van der Waals surface area contributed by atoms with Crippen molar-refractivity contribution in [2.45, 2.75) is 38.1 Å². The fraction of sp³-hybridized carbons (Fsp3) is 0.500. The molecule has 1 unspecified atom stereocenters. The van der Waals surface area contributed by atoms with E-state index in [1.54, 1.807) is 17.4 Å². The van der Waals surface area contributed by atoms with Crippen LogP contribution in [0.15, 0.2) is 23.6 Å². The first kappa shape index (κ1) is 15.2. The number of amides is 1. The zero-order valence-electron chi connectivity index (χ0n) is 12.5. The van der Waals surface area contributed by atoms with Gasteiger partial charge in [0.1, 0.15) is 0 Å². The van der Waals surface area contributed by atoms with Crippen LogP contribution in [0.3, 0.4) is 0 Å². The second-order valence-electron chi connectivity index (χ2n) is 5.86.